The first-order valence-electron chi connectivity index (χ1n) is 8.16. The van der Waals surface area contributed by atoms with Crippen LogP contribution < -0.4 is 9.62 Å². The highest BCUT2D eigenvalue weighted by Crippen LogP contribution is 2.35. The second-order valence-electron chi connectivity index (χ2n) is 5.95. The van der Waals surface area contributed by atoms with Crippen molar-refractivity contribution in [3.05, 3.63) is 45.8 Å². The number of hydrogen-bond acceptors (Lipinski definition) is 6. The molecule has 0 fully saturated rings. The van der Waals surface area contributed by atoms with Gasteiger partial charge in [0.25, 0.3) is 0 Å². The fourth-order valence-electron chi connectivity index (χ4n) is 2.75. The van der Waals surface area contributed by atoms with Crippen LogP contribution in [0.25, 0.3) is 0 Å². The first kappa shape index (κ1) is 20.1. The number of ether oxygens (including phenoxy) is 2. The third-order valence-corrected chi connectivity index (χ3v) is 7.24. The zero-order chi connectivity index (χ0) is 19.6. The maximum Gasteiger partial charge on any atom is 0.414 e. The van der Waals surface area contributed by atoms with E-state index in [1.54, 1.807) is 32.2 Å². The minimum atomic E-state index is -3.63. The molecule has 2 heterocycles. The van der Waals surface area contributed by atoms with Gasteiger partial charge in [-0.3, -0.25) is 4.90 Å². The van der Waals surface area contributed by atoms with Crippen molar-refractivity contribution in [2.75, 3.05) is 25.2 Å². The van der Waals surface area contributed by atoms with Gasteiger partial charge < -0.3 is 9.47 Å². The van der Waals surface area contributed by atoms with Gasteiger partial charge in [-0.1, -0.05) is 17.7 Å². The summed E-state index contributed by atoms with van der Waals surface area (Å²) in [6.07, 6.45) is -0.839. The van der Waals surface area contributed by atoms with Crippen molar-refractivity contribution in [3.63, 3.8) is 0 Å². The number of rotatable bonds is 7. The summed E-state index contributed by atoms with van der Waals surface area (Å²) in [5.74, 6) is 0. The average molecular weight is 431 g/mol. The molecule has 0 spiro atoms. The van der Waals surface area contributed by atoms with E-state index in [4.69, 9.17) is 21.1 Å². The normalized spacial score (nSPS) is 16.9. The predicted octanol–water partition coefficient (Wildman–Crippen LogP) is 3.54. The summed E-state index contributed by atoms with van der Waals surface area (Å²) in [5, 5.41) is 0. The Hall–Kier alpha value is -1.65. The minimum absolute atomic E-state index is 0.115. The number of halogens is 1. The number of cyclic esters (lactones) is 1. The van der Waals surface area contributed by atoms with Crippen molar-refractivity contribution in [2.24, 2.45) is 0 Å². The van der Waals surface area contributed by atoms with E-state index in [1.807, 2.05) is 6.07 Å². The summed E-state index contributed by atoms with van der Waals surface area (Å²) in [4.78, 5) is 13.6. The lowest BCUT2D eigenvalue weighted by atomic mass is 10.0. The molecule has 1 unspecified atom stereocenters. The fourth-order valence-corrected chi connectivity index (χ4v) is 5.29. The van der Waals surface area contributed by atoms with Gasteiger partial charge in [-0.25, -0.2) is 17.9 Å². The molecule has 146 valence electrons. The van der Waals surface area contributed by atoms with Crippen LogP contribution >= 0.6 is 22.9 Å². The summed E-state index contributed by atoms with van der Waals surface area (Å²) < 4.78 is 38.2. The molecule has 1 N–H and O–H groups in total. The molecule has 1 aliphatic rings. The van der Waals surface area contributed by atoms with E-state index in [0.717, 1.165) is 28.2 Å². The molecule has 0 saturated heterocycles. The number of anilines is 1. The average Bonchev–Trinajstić information content (AvgIpc) is 3.07. The molecule has 1 aromatic carbocycles. The van der Waals surface area contributed by atoms with E-state index >= 15 is 0 Å². The Balaban J connectivity index is 1.79. The number of carbonyl (C=O) groups excluding carboxylic acids is 1. The lowest BCUT2D eigenvalue weighted by Gasteiger charge is -2.32. The smallest absolute Gasteiger partial charge is 0.414 e. The Kier molecular flexibility index (Phi) is 6.07. The third-order valence-electron chi connectivity index (χ3n) is 4.12. The molecule has 0 bridgehead atoms. The molecule has 0 aliphatic carbocycles. The molecule has 27 heavy (non-hydrogen) atoms. The second kappa shape index (κ2) is 8.15. The number of sulfonamides is 1. The Morgan fingerprint density at radius 3 is 2.78 bits per heavy atom. The van der Waals surface area contributed by atoms with Crippen LogP contribution in [0.5, 0.6) is 0 Å². The van der Waals surface area contributed by atoms with Crippen LogP contribution in [0.2, 0.25) is 4.34 Å². The van der Waals surface area contributed by atoms with Gasteiger partial charge >= 0.3 is 6.09 Å². The van der Waals surface area contributed by atoms with Crippen LogP contribution in [0, 0.1) is 0 Å². The number of benzene rings is 1. The molecule has 3 rings (SSSR count). The SMILES string of the molecule is COCCN1C(=O)OC(C)c2cc(CNS(=O)(=O)c3ccc(Cl)s3)ccc21. The van der Waals surface area contributed by atoms with Crippen LogP contribution in [-0.4, -0.2) is 34.8 Å². The van der Waals surface area contributed by atoms with Crippen molar-refractivity contribution in [2.45, 2.75) is 23.8 Å². The summed E-state index contributed by atoms with van der Waals surface area (Å²) >= 11 is 6.81. The lowest BCUT2D eigenvalue weighted by molar-refractivity contribution is 0.105. The molecule has 1 aromatic heterocycles. The lowest BCUT2D eigenvalue weighted by Crippen LogP contribution is -2.39. The maximum absolute atomic E-state index is 12.3. The molecule has 7 nitrogen and oxygen atoms in total. The Bertz CT molecular complexity index is 945. The van der Waals surface area contributed by atoms with E-state index in [9.17, 15) is 13.2 Å². The first-order chi connectivity index (χ1) is 12.8. The molecular formula is C17H19ClN2O5S2. The van der Waals surface area contributed by atoms with Crippen molar-refractivity contribution < 1.29 is 22.7 Å². The first-order valence-corrected chi connectivity index (χ1v) is 10.8. The van der Waals surface area contributed by atoms with Gasteiger partial charge in [0.15, 0.2) is 0 Å². The van der Waals surface area contributed by atoms with Gasteiger partial charge in [0.05, 0.1) is 23.2 Å². The van der Waals surface area contributed by atoms with E-state index in [-0.39, 0.29) is 10.8 Å². The maximum atomic E-state index is 12.3. The number of fused-ring (bicyclic) bond motifs is 1. The molecule has 10 heteroatoms. The number of thiophene rings is 1. The quantitative estimate of drug-likeness (QED) is 0.726. The highest BCUT2D eigenvalue weighted by atomic mass is 35.5. The van der Waals surface area contributed by atoms with Crippen molar-refractivity contribution in [1.29, 1.82) is 0 Å². The van der Waals surface area contributed by atoms with Crippen LogP contribution in [0.4, 0.5) is 10.5 Å². The van der Waals surface area contributed by atoms with Gasteiger partial charge in [0.1, 0.15) is 10.3 Å². The second-order valence-corrected chi connectivity index (χ2v) is 9.66. The number of methoxy groups -OCH3 is 1. The highest BCUT2D eigenvalue weighted by molar-refractivity contribution is 7.91. The Labute approximate surface area is 166 Å². The molecule has 0 saturated carbocycles. The molecule has 1 aliphatic heterocycles. The van der Waals surface area contributed by atoms with Crippen molar-refractivity contribution >= 4 is 44.7 Å². The van der Waals surface area contributed by atoms with Gasteiger partial charge in [0.2, 0.25) is 10.0 Å². The van der Waals surface area contributed by atoms with Gasteiger partial charge in [-0.2, -0.15) is 0 Å². The van der Waals surface area contributed by atoms with Gasteiger partial charge in [-0.05, 0) is 36.8 Å². The summed E-state index contributed by atoms with van der Waals surface area (Å²) in [6, 6.07) is 8.44. The predicted molar refractivity (Wildman–Crippen MR) is 104 cm³/mol. The van der Waals surface area contributed by atoms with Crippen molar-refractivity contribution in [3.8, 4) is 0 Å². The number of carbonyl (C=O) groups is 1. The largest absolute Gasteiger partial charge is 0.441 e. The van der Waals surface area contributed by atoms with E-state index in [2.05, 4.69) is 4.72 Å². The van der Waals surface area contributed by atoms with Crippen LogP contribution in [0.15, 0.2) is 34.5 Å². The molecular weight excluding hydrogens is 412 g/mol. The van der Waals surface area contributed by atoms with Gasteiger partial charge in [-0.15, -0.1) is 11.3 Å². The van der Waals surface area contributed by atoms with Crippen LogP contribution in [0.1, 0.15) is 24.2 Å². The monoisotopic (exact) mass is 430 g/mol. The topological polar surface area (TPSA) is 84.9 Å². The summed E-state index contributed by atoms with van der Waals surface area (Å²) in [5.41, 5.74) is 2.32. The number of nitrogens with zero attached hydrogens (tertiary/aromatic N) is 1. The van der Waals surface area contributed by atoms with Crippen LogP contribution in [-0.2, 0) is 26.0 Å². The summed E-state index contributed by atoms with van der Waals surface area (Å²) in [7, 11) is -2.07. The number of amides is 1. The molecule has 1 amide bonds. The Morgan fingerprint density at radius 1 is 1.33 bits per heavy atom. The zero-order valence-electron chi connectivity index (χ0n) is 14.8. The van der Waals surface area contributed by atoms with Crippen LogP contribution in [0.3, 0.4) is 0 Å². The third kappa shape index (κ3) is 4.44. The fraction of sp³-hybridized carbons (Fsp3) is 0.353. The van der Waals surface area contributed by atoms with Crippen molar-refractivity contribution in [1.82, 2.24) is 4.72 Å². The number of nitrogens with one attached hydrogen (secondary N) is 1. The number of hydrogen-bond donors (Lipinski definition) is 1. The molecule has 2 aromatic rings. The standard InChI is InChI=1S/C17H19ClN2O5S2/c1-11-13-9-12(10-19-27(22,23)16-6-5-15(18)26-16)3-4-14(13)20(7-8-24-2)17(21)25-11/h3-6,9,11,19H,7-8,10H2,1-2H3. The molecule has 0 radical (unpaired) electrons. The van der Waals surface area contributed by atoms with Gasteiger partial charge in [0, 0.05) is 19.2 Å². The minimum Gasteiger partial charge on any atom is -0.441 e. The molecule has 1 atom stereocenters. The van der Waals surface area contributed by atoms with E-state index < -0.39 is 22.2 Å². The highest BCUT2D eigenvalue weighted by Gasteiger charge is 2.30. The van der Waals surface area contributed by atoms with E-state index in [1.165, 1.54) is 11.0 Å². The summed E-state index contributed by atoms with van der Waals surface area (Å²) in [6.45, 7) is 2.66. The van der Waals surface area contributed by atoms with E-state index in [0.29, 0.717) is 17.5 Å². The zero-order valence-corrected chi connectivity index (χ0v) is 17.2. The Morgan fingerprint density at radius 2 is 2.11 bits per heavy atom.